The first-order valence-electron chi connectivity index (χ1n) is 7.04. The van der Waals surface area contributed by atoms with Crippen molar-refractivity contribution in [1.29, 1.82) is 0 Å². The normalized spacial score (nSPS) is 12.0. The Kier molecular flexibility index (Phi) is 12.5. The summed E-state index contributed by atoms with van der Waals surface area (Å²) in [6.45, 7) is 7.97. The van der Waals surface area contributed by atoms with Crippen LogP contribution >= 0.6 is 24.2 Å². The van der Waals surface area contributed by atoms with E-state index in [2.05, 4.69) is 5.32 Å². The van der Waals surface area contributed by atoms with Gasteiger partial charge in [0.25, 0.3) is 0 Å². The third-order valence-corrected chi connectivity index (χ3v) is 3.82. The number of esters is 1. The van der Waals surface area contributed by atoms with E-state index in [0.717, 1.165) is 0 Å². The molecule has 0 aromatic heterocycles. The summed E-state index contributed by atoms with van der Waals surface area (Å²) in [4.78, 5) is 34.5. The zero-order valence-electron chi connectivity index (χ0n) is 13.6. The number of halogens is 1. The van der Waals surface area contributed by atoms with Gasteiger partial charge < -0.3 is 15.8 Å². The third-order valence-electron chi connectivity index (χ3n) is 2.54. The van der Waals surface area contributed by atoms with E-state index in [4.69, 9.17) is 10.5 Å². The Balaban J connectivity index is 0. The predicted molar refractivity (Wildman–Crippen MR) is 91.0 cm³/mol. The van der Waals surface area contributed by atoms with Gasteiger partial charge in [0.1, 0.15) is 6.04 Å². The SMILES string of the molecule is CCOC(=O)[C@@H](N)CCC(=O)NCCSC(=O)C(C)(C)C.Cl. The van der Waals surface area contributed by atoms with Crippen molar-refractivity contribution in [1.82, 2.24) is 5.32 Å². The summed E-state index contributed by atoms with van der Waals surface area (Å²) in [5.41, 5.74) is 5.22. The molecule has 130 valence electrons. The number of carbonyl (C=O) groups is 3. The zero-order valence-corrected chi connectivity index (χ0v) is 15.3. The van der Waals surface area contributed by atoms with E-state index in [1.54, 1.807) is 6.92 Å². The molecule has 0 aromatic rings. The Morgan fingerprint density at radius 1 is 1.27 bits per heavy atom. The largest absolute Gasteiger partial charge is 0.465 e. The molecule has 0 heterocycles. The van der Waals surface area contributed by atoms with Crippen LogP contribution in [-0.2, 0) is 19.1 Å². The lowest BCUT2D eigenvalue weighted by molar-refractivity contribution is -0.144. The van der Waals surface area contributed by atoms with Crippen LogP contribution in [0.2, 0.25) is 0 Å². The van der Waals surface area contributed by atoms with Gasteiger partial charge in [0.05, 0.1) is 6.61 Å². The molecule has 3 N–H and O–H groups in total. The molecule has 0 aromatic carbocycles. The summed E-state index contributed by atoms with van der Waals surface area (Å²) < 4.78 is 4.76. The lowest BCUT2D eigenvalue weighted by atomic mass is 10.00. The average molecular weight is 355 g/mol. The molecule has 22 heavy (non-hydrogen) atoms. The molecule has 0 radical (unpaired) electrons. The topological polar surface area (TPSA) is 98.5 Å². The number of hydrogen-bond donors (Lipinski definition) is 2. The summed E-state index contributed by atoms with van der Waals surface area (Å²) in [6, 6.07) is -0.771. The maximum atomic E-state index is 11.6. The minimum atomic E-state index is -0.771. The molecular weight excluding hydrogens is 328 g/mol. The lowest BCUT2D eigenvalue weighted by Crippen LogP contribution is -2.34. The maximum Gasteiger partial charge on any atom is 0.322 e. The Bertz CT molecular complexity index is 372. The Labute approximate surface area is 142 Å². The molecule has 0 rings (SSSR count). The number of rotatable bonds is 8. The van der Waals surface area contributed by atoms with Crippen LogP contribution in [0.1, 0.15) is 40.5 Å². The smallest absolute Gasteiger partial charge is 0.322 e. The molecule has 0 bridgehead atoms. The second kappa shape index (κ2) is 11.7. The molecule has 0 aliphatic carbocycles. The van der Waals surface area contributed by atoms with Gasteiger partial charge in [-0.25, -0.2) is 0 Å². The van der Waals surface area contributed by atoms with E-state index >= 15 is 0 Å². The number of nitrogens with one attached hydrogen (secondary N) is 1. The number of amides is 1. The quantitative estimate of drug-likeness (QED) is 0.506. The number of hydrogen-bond acceptors (Lipinski definition) is 6. The fraction of sp³-hybridized carbons (Fsp3) is 0.786. The molecule has 0 fully saturated rings. The van der Waals surface area contributed by atoms with Gasteiger partial charge in [-0.05, 0) is 13.3 Å². The summed E-state index contributed by atoms with van der Waals surface area (Å²) in [6.07, 6.45) is 0.413. The molecule has 0 saturated heterocycles. The van der Waals surface area contributed by atoms with Crippen molar-refractivity contribution in [2.45, 2.75) is 46.6 Å². The predicted octanol–water partition coefficient (Wildman–Crippen LogP) is 1.50. The number of carbonyl (C=O) groups excluding carboxylic acids is 3. The van der Waals surface area contributed by atoms with E-state index in [9.17, 15) is 14.4 Å². The van der Waals surface area contributed by atoms with Gasteiger partial charge in [0.15, 0.2) is 5.12 Å². The van der Waals surface area contributed by atoms with Crippen molar-refractivity contribution in [2.75, 3.05) is 18.9 Å². The van der Waals surface area contributed by atoms with Gasteiger partial charge in [0.2, 0.25) is 5.91 Å². The minimum absolute atomic E-state index is 0. The standard InChI is InChI=1S/C14H26N2O4S.ClH/c1-5-20-12(18)10(15)6-7-11(17)16-8-9-21-13(19)14(2,3)4;/h10H,5-9,15H2,1-4H3,(H,16,17);1H/t10-;/m0./s1. The van der Waals surface area contributed by atoms with Crippen molar-refractivity contribution in [3.05, 3.63) is 0 Å². The fourth-order valence-electron chi connectivity index (χ4n) is 1.29. The second-order valence-electron chi connectivity index (χ2n) is 5.63. The first-order chi connectivity index (χ1) is 9.68. The molecule has 0 aliphatic heterocycles. The van der Waals surface area contributed by atoms with Crippen LogP contribution in [0.3, 0.4) is 0 Å². The summed E-state index contributed by atoms with van der Waals surface area (Å²) in [7, 11) is 0. The summed E-state index contributed by atoms with van der Waals surface area (Å²) in [5, 5.41) is 2.79. The van der Waals surface area contributed by atoms with Gasteiger partial charge in [-0.3, -0.25) is 14.4 Å². The van der Waals surface area contributed by atoms with E-state index in [1.807, 2.05) is 20.8 Å². The van der Waals surface area contributed by atoms with Crippen LogP contribution < -0.4 is 11.1 Å². The van der Waals surface area contributed by atoms with Crippen LogP contribution in [0.5, 0.6) is 0 Å². The first-order valence-corrected chi connectivity index (χ1v) is 8.03. The molecule has 0 aliphatic rings. The highest BCUT2D eigenvalue weighted by Crippen LogP contribution is 2.22. The molecule has 1 atom stereocenters. The zero-order chi connectivity index (χ0) is 16.5. The van der Waals surface area contributed by atoms with E-state index in [1.165, 1.54) is 11.8 Å². The second-order valence-corrected chi connectivity index (χ2v) is 6.70. The van der Waals surface area contributed by atoms with E-state index < -0.39 is 12.0 Å². The van der Waals surface area contributed by atoms with Crippen molar-refractivity contribution >= 4 is 41.2 Å². The van der Waals surface area contributed by atoms with Crippen molar-refractivity contribution in [2.24, 2.45) is 11.1 Å². The molecule has 8 heteroatoms. The number of nitrogens with two attached hydrogens (primary N) is 1. The van der Waals surface area contributed by atoms with Crippen LogP contribution in [-0.4, -0.2) is 41.9 Å². The molecule has 0 saturated carbocycles. The Morgan fingerprint density at radius 2 is 1.86 bits per heavy atom. The van der Waals surface area contributed by atoms with Crippen LogP contribution in [0.15, 0.2) is 0 Å². The molecule has 6 nitrogen and oxygen atoms in total. The Morgan fingerprint density at radius 3 is 2.36 bits per heavy atom. The van der Waals surface area contributed by atoms with E-state index in [-0.39, 0.29) is 48.3 Å². The van der Waals surface area contributed by atoms with Gasteiger partial charge in [-0.2, -0.15) is 0 Å². The number of thioether (sulfide) groups is 1. The van der Waals surface area contributed by atoms with Crippen LogP contribution in [0.25, 0.3) is 0 Å². The van der Waals surface area contributed by atoms with Gasteiger partial charge in [0, 0.05) is 24.1 Å². The highest BCUT2D eigenvalue weighted by Gasteiger charge is 2.21. The van der Waals surface area contributed by atoms with Crippen LogP contribution in [0, 0.1) is 5.41 Å². The number of ether oxygens (including phenoxy) is 1. The third kappa shape index (κ3) is 10.9. The van der Waals surface area contributed by atoms with Gasteiger partial charge >= 0.3 is 5.97 Å². The van der Waals surface area contributed by atoms with Crippen molar-refractivity contribution in [3.8, 4) is 0 Å². The lowest BCUT2D eigenvalue weighted by Gasteiger charge is -2.15. The average Bonchev–Trinajstić information content (AvgIpc) is 2.39. The molecular formula is C14H27ClN2O4S. The highest BCUT2D eigenvalue weighted by molar-refractivity contribution is 8.13. The fourth-order valence-corrected chi connectivity index (χ4v) is 2.12. The monoisotopic (exact) mass is 354 g/mol. The highest BCUT2D eigenvalue weighted by atomic mass is 35.5. The van der Waals surface area contributed by atoms with Crippen LogP contribution in [0.4, 0.5) is 0 Å². The first kappa shape index (κ1) is 23.5. The van der Waals surface area contributed by atoms with Crippen molar-refractivity contribution in [3.63, 3.8) is 0 Å². The van der Waals surface area contributed by atoms with Gasteiger partial charge in [-0.1, -0.05) is 32.5 Å². The minimum Gasteiger partial charge on any atom is -0.465 e. The molecule has 0 unspecified atom stereocenters. The maximum absolute atomic E-state index is 11.6. The molecule has 1 amide bonds. The Hall–Kier alpha value is -0.790. The van der Waals surface area contributed by atoms with Crippen molar-refractivity contribution < 1.29 is 19.1 Å². The van der Waals surface area contributed by atoms with Gasteiger partial charge in [-0.15, -0.1) is 12.4 Å². The van der Waals surface area contributed by atoms with E-state index in [0.29, 0.717) is 12.3 Å². The summed E-state index contributed by atoms with van der Waals surface area (Å²) in [5.74, 6) is -0.138. The molecule has 0 spiro atoms. The summed E-state index contributed by atoms with van der Waals surface area (Å²) >= 11 is 1.21.